The summed E-state index contributed by atoms with van der Waals surface area (Å²) in [5.74, 6) is -1.53. The third-order valence-corrected chi connectivity index (χ3v) is 7.75. The van der Waals surface area contributed by atoms with Gasteiger partial charge in [0.2, 0.25) is 0 Å². The molecule has 20 heteroatoms. The van der Waals surface area contributed by atoms with Crippen molar-refractivity contribution < 1.29 is 60.7 Å². The monoisotopic (exact) mass is 524 g/mol. The Morgan fingerprint density at radius 1 is 1.16 bits per heavy atom. The molecule has 0 saturated carbocycles. The van der Waals surface area contributed by atoms with Crippen LogP contribution in [-0.4, -0.2) is 53.9 Å². The Hall–Kier alpha value is -1.48. The summed E-state index contributed by atoms with van der Waals surface area (Å²) in [5, 5.41) is 0. The van der Waals surface area contributed by atoms with Gasteiger partial charge in [-0.25, -0.2) is 18.5 Å². The lowest BCUT2D eigenvalue weighted by Crippen LogP contribution is -2.37. The van der Waals surface area contributed by atoms with Gasteiger partial charge in [0.15, 0.2) is 12.3 Å². The van der Waals surface area contributed by atoms with Crippen molar-refractivity contribution in [2.75, 3.05) is 6.61 Å². The van der Waals surface area contributed by atoms with Gasteiger partial charge in [-0.05, 0) is 0 Å². The fourth-order valence-electron chi connectivity index (χ4n) is 2.72. The van der Waals surface area contributed by atoms with Crippen LogP contribution in [0.2, 0.25) is 0 Å². The standard InChI is InChI=1S/C12H19N2O15P3/c1-6-8(5-25-31(21,22)29-32(23,24)28-30(18,19)20)27-11(10(6)26-7(2)15)14-4-3-9(16)13-12(14)17/h3-4,6,8,10-11H,5H2,1-2H3,(H,21,22)(H,23,24)(H,13,16,17)(H2,18,19,20). The number of nitrogens with one attached hydrogen (secondary N) is 1. The van der Waals surface area contributed by atoms with Gasteiger partial charge in [0, 0.05) is 25.1 Å². The number of esters is 1. The normalized spacial score (nSPS) is 27.4. The lowest BCUT2D eigenvalue weighted by molar-refractivity contribution is -0.153. The van der Waals surface area contributed by atoms with Crippen molar-refractivity contribution in [1.82, 2.24) is 9.55 Å². The maximum absolute atomic E-state index is 12.1. The molecule has 0 bridgehead atoms. The number of ether oxygens (including phenoxy) is 2. The summed E-state index contributed by atoms with van der Waals surface area (Å²) in [4.78, 5) is 72.6. The van der Waals surface area contributed by atoms with Crippen LogP contribution in [0.3, 0.4) is 0 Å². The van der Waals surface area contributed by atoms with Crippen molar-refractivity contribution in [2.45, 2.75) is 32.3 Å². The summed E-state index contributed by atoms with van der Waals surface area (Å²) in [6, 6.07) is 1.000. The van der Waals surface area contributed by atoms with E-state index in [9.17, 15) is 33.0 Å². The Balaban J connectivity index is 2.17. The SMILES string of the molecule is CC(=O)OC1C(C)C(COP(=O)(O)OP(=O)(O)OP(=O)(O)O)OC1n1ccc(=O)[nH]c1=O. The van der Waals surface area contributed by atoms with Gasteiger partial charge in [-0.2, -0.15) is 8.62 Å². The molecule has 1 aromatic rings. The van der Waals surface area contributed by atoms with Gasteiger partial charge in [-0.1, -0.05) is 6.92 Å². The summed E-state index contributed by atoms with van der Waals surface area (Å²) in [7, 11) is -16.7. The van der Waals surface area contributed by atoms with E-state index in [2.05, 4.69) is 13.1 Å². The Morgan fingerprint density at radius 3 is 2.31 bits per heavy atom. The second-order valence-electron chi connectivity index (χ2n) is 6.40. The smallest absolute Gasteiger partial charge is 0.457 e. The number of H-pyrrole nitrogens is 1. The molecule has 6 atom stereocenters. The number of aromatic nitrogens is 2. The molecule has 1 saturated heterocycles. The van der Waals surface area contributed by atoms with Gasteiger partial charge < -0.3 is 29.0 Å². The predicted molar refractivity (Wildman–Crippen MR) is 99.8 cm³/mol. The van der Waals surface area contributed by atoms with Crippen molar-refractivity contribution in [2.24, 2.45) is 5.92 Å². The molecule has 0 spiro atoms. The average molecular weight is 524 g/mol. The molecule has 5 N–H and O–H groups in total. The summed E-state index contributed by atoms with van der Waals surface area (Å²) in [5.41, 5.74) is -1.61. The molecule has 182 valence electrons. The van der Waals surface area contributed by atoms with Gasteiger partial charge in [-0.3, -0.25) is 23.7 Å². The largest absolute Gasteiger partial charge is 0.490 e. The fourth-order valence-corrected chi connectivity index (χ4v) is 5.75. The highest BCUT2D eigenvalue weighted by Gasteiger charge is 2.47. The number of carbonyl (C=O) groups is 1. The Morgan fingerprint density at radius 2 is 1.78 bits per heavy atom. The number of hydrogen-bond acceptors (Lipinski definition) is 11. The minimum atomic E-state index is -5.70. The second-order valence-corrected chi connectivity index (χ2v) is 10.8. The quantitative estimate of drug-likeness (QED) is 0.199. The Kier molecular flexibility index (Phi) is 8.19. The number of hydrogen-bond donors (Lipinski definition) is 5. The summed E-state index contributed by atoms with van der Waals surface area (Å²) in [6.45, 7) is 1.73. The maximum atomic E-state index is 12.1. The zero-order valence-corrected chi connectivity index (χ0v) is 18.9. The first-order chi connectivity index (χ1) is 14.5. The van der Waals surface area contributed by atoms with Crippen molar-refractivity contribution in [3.05, 3.63) is 33.1 Å². The van der Waals surface area contributed by atoms with Gasteiger partial charge in [0.1, 0.15) is 0 Å². The first-order valence-electron chi connectivity index (χ1n) is 8.42. The van der Waals surface area contributed by atoms with Gasteiger partial charge in [0.25, 0.3) is 5.56 Å². The molecule has 1 aliphatic heterocycles. The summed E-state index contributed by atoms with van der Waals surface area (Å²) >= 11 is 0. The average Bonchev–Trinajstić information content (AvgIpc) is 2.85. The topological polar surface area (TPSA) is 250 Å². The maximum Gasteiger partial charge on any atom is 0.490 e. The molecule has 1 aromatic heterocycles. The highest BCUT2D eigenvalue weighted by molar-refractivity contribution is 7.66. The zero-order valence-electron chi connectivity index (χ0n) is 16.2. The summed E-state index contributed by atoms with van der Waals surface area (Å²) < 4.78 is 57.3. The van der Waals surface area contributed by atoms with Crippen molar-refractivity contribution >= 4 is 29.4 Å². The highest BCUT2D eigenvalue weighted by atomic mass is 31.3. The van der Waals surface area contributed by atoms with Crippen molar-refractivity contribution in [1.29, 1.82) is 0 Å². The molecule has 1 aliphatic rings. The van der Waals surface area contributed by atoms with Crippen LogP contribution in [0.5, 0.6) is 0 Å². The van der Waals surface area contributed by atoms with E-state index < -0.39 is 71.6 Å². The van der Waals surface area contributed by atoms with E-state index in [1.807, 2.05) is 4.98 Å². The van der Waals surface area contributed by atoms with Crippen LogP contribution in [0.25, 0.3) is 0 Å². The van der Waals surface area contributed by atoms with E-state index in [-0.39, 0.29) is 0 Å². The van der Waals surface area contributed by atoms with Crippen LogP contribution in [0.1, 0.15) is 20.1 Å². The summed E-state index contributed by atoms with van der Waals surface area (Å²) in [6.07, 6.45) is -2.49. The molecule has 6 unspecified atom stereocenters. The number of phosphoric acid groups is 3. The molecule has 32 heavy (non-hydrogen) atoms. The lowest BCUT2D eigenvalue weighted by atomic mass is 10.0. The number of phosphoric ester groups is 1. The van der Waals surface area contributed by atoms with E-state index in [1.165, 1.54) is 6.92 Å². The molecule has 0 aliphatic carbocycles. The number of rotatable bonds is 9. The van der Waals surface area contributed by atoms with E-state index in [0.717, 1.165) is 23.8 Å². The fraction of sp³-hybridized carbons (Fsp3) is 0.583. The van der Waals surface area contributed by atoms with Crippen molar-refractivity contribution in [3.8, 4) is 0 Å². The predicted octanol–water partition coefficient (Wildman–Crippen LogP) is -0.655. The second kappa shape index (κ2) is 9.79. The molecule has 0 radical (unpaired) electrons. The lowest BCUT2D eigenvalue weighted by Gasteiger charge is -2.22. The first-order valence-corrected chi connectivity index (χ1v) is 12.9. The van der Waals surface area contributed by atoms with Gasteiger partial charge in [-0.15, -0.1) is 0 Å². The van der Waals surface area contributed by atoms with Crippen molar-refractivity contribution in [3.63, 3.8) is 0 Å². The first kappa shape index (κ1) is 26.8. The van der Waals surface area contributed by atoms with E-state index in [0.29, 0.717) is 0 Å². The van der Waals surface area contributed by atoms with Gasteiger partial charge in [0.05, 0.1) is 12.7 Å². The Labute approximate surface area is 178 Å². The molecule has 1 fully saturated rings. The third kappa shape index (κ3) is 7.54. The number of nitrogens with zero attached hydrogens (tertiary/aromatic N) is 1. The molecule has 0 amide bonds. The molecular formula is C12H19N2O15P3. The van der Waals surface area contributed by atoms with Crippen LogP contribution >= 0.6 is 23.5 Å². The number of carbonyl (C=O) groups excluding carboxylic acids is 1. The molecule has 17 nitrogen and oxygen atoms in total. The zero-order chi connectivity index (χ0) is 24.5. The highest BCUT2D eigenvalue weighted by Crippen LogP contribution is 2.66. The van der Waals surface area contributed by atoms with Crippen LogP contribution < -0.4 is 11.2 Å². The number of aromatic amines is 1. The van der Waals surface area contributed by atoms with E-state index in [4.69, 9.17) is 24.2 Å². The van der Waals surface area contributed by atoms with Crippen LogP contribution in [0.4, 0.5) is 0 Å². The Bertz CT molecular complexity index is 1110. The van der Waals surface area contributed by atoms with Crippen LogP contribution in [0.15, 0.2) is 21.9 Å². The molecule has 2 heterocycles. The molecular weight excluding hydrogens is 505 g/mol. The minimum absolute atomic E-state index is 0.703. The minimum Gasteiger partial charge on any atom is -0.457 e. The van der Waals surface area contributed by atoms with E-state index in [1.54, 1.807) is 0 Å². The molecule has 2 rings (SSSR count). The van der Waals surface area contributed by atoms with Crippen LogP contribution in [0, 0.1) is 5.92 Å². The third-order valence-electron chi connectivity index (χ3n) is 3.95. The van der Waals surface area contributed by atoms with E-state index >= 15 is 0 Å². The van der Waals surface area contributed by atoms with Gasteiger partial charge >= 0.3 is 35.1 Å². The van der Waals surface area contributed by atoms with Crippen LogP contribution in [-0.2, 0) is 41.1 Å². The molecule has 0 aromatic carbocycles.